The minimum absolute atomic E-state index is 0.132. The van der Waals surface area contributed by atoms with Crippen molar-refractivity contribution in [3.05, 3.63) is 41.2 Å². The van der Waals surface area contributed by atoms with Crippen LogP contribution in [0.1, 0.15) is 41.0 Å². The number of sulfonamides is 1. The van der Waals surface area contributed by atoms with Gasteiger partial charge in [0.2, 0.25) is 10.0 Å². The van der Waals surface area contributed by atoms with Crippen LogP contribution >= 0.6 is 0 Å². The Balaban J connectivity index is 1.80. The van der Waals surface area contributed by atoms with E-state index in [1.807, 2.05) is 19.1 Å². The molecule has 1 aliphatic rings. The summed E-state index contributed by atoms with van der Waals surface area (Å²) in [6.45, 7) is 6.01. The summed E-state index contributed by atoms with van der Waals surface area (Å²) in [5, 5.41) is 4.18. The van der Waals surface area contributed by atoms with Gasteiger partial charge >= 0.3 is 0 Å². The van der Waals surface area contributed by atoms with Crippen LogP contribution in [0.25, 0.3) is 0 Å². The van der Waals surface area contributed by atoms with E-state index in [1.54, 1.807) is 26.0 Å². The van der Waals surface area contributed by atoms with Crippen LogP contribution in [0.4, 0.5) is 0 Å². The molecule has 27 heavy (non-hydrogen) atoms. The Hall–Kier alpha value is -2.19. The Kier molecular flexibility index (Phi) is 5.67. The van der Waals surface area contributed by atoms with Gasteiger partial charge in [-0.3, -0.25) is 4.79 Å². The highest BCUT2D eigenvalue weighted by molar-refractivity contribution is 7.89. The molecule has 1 aromatic heterocycles. The van der Waals surface area contributed by atoms with Gasteiger partial charge in [-0.2, -0.15) is 9.40 Å². The number of nitrogens with zero attached hydrogens (tertiary/aromatic N) is 3. The van der Waals surface area contributed by atoms with Gasteiger partial charge in [0, 0.05) is 13.1 Å². The normalized spacial score (nSPS) is 15.7. The molecule has 0 aliphatic carbocycles. The predicted molar refractivity (Wildman–Crippen MR) is 102 cm³/mol. The minimum Gasteiger partial charge on any atom is -0.484 e. The third-order valence-electron chi connectivity index (χ3n) is 4.76. The molecule has 2 heterocycles. The van der Waals surface area contributed by atoms with Crippen molar-refractivity contribution in [1.82, 2.24) is 14.1 Å². The van der Waals surface area contributed by atoms with Crippen molar-refractivity contribution in [2.45, 2.75) is 44.9 Å². The van der Waals surface area contributed by atoms with E-state index >= 15 is 0 Å². The predicted octanol–water partition coefficient (Wildman–Crippen LogP) is 2.70. The molecule has 8 heteroatoms. The second-order valence-electron chi connectivity index (χ2n) is 6.87. The lowest BCUT2D eigenvalue weighted by atomic mass is 10.2. The summed E-state index contributed by atoms with van der Waals surface area (Å²) in [6.07, 6.45) is 2.75. The summed E-state index contributed by atoms with van der Waals surface area (Å²) in [5.41, 5.74) is 1.76. The van der Waals surface area contributed by atoms with Gasteiger partial charge in [0.15, 0.2) is 6.61 Å². The highest BCUT2D eigenvalue weighted by Crippen LogP contribution is 2.26. The SMILES string of the molecule is Cc1ccc(OCC(=O)n2nc(C)c(S(=O)(=O)N3CCCCC3)c2C)cc1. The molecule has 0 atom stereocenters. The maximum Gasteiger partial charge on any atom is 0.285 e. The first kappa shape index (κ1) is 19.6. The van der Waals surface area contributed by atoms with E-state index < -0.39 is 15.9 Å². The van der Waals surface area contributed by atoms with Gasteiger partial charge in [0.25, 0.3) is 5.91 Å². The number of carbonyl (C=O) groups is 1. The van der Waals surface area contributed by atoms with Crippen molar-refractivity contribution < 1.29 is 17.9 Å². The lowest BCUT2D eigenvalue weighted by Gasteiger charge is -2.25. The fraction of sp³-hybridized carbons (Fsp3) is 0.474. The summed E-state index contributed by atoms with van der Waals surface area (Å²) in [6, 6.07) is 7.37. The van der Waals surface area contributed by atoms with Gasteiger partial charge < -0.3 is 4.74 Å². The molecule has 0 unspecified atom stereocenters. The molecular weight excluding hydrogens is 366 g/mol. The van der Waals surface area contributed by atoms with Crippen LogP contribution in [0.15, 0.2) is 29.2 Å². The number of piperidine rings is 1. The minimum atomic E-state index is -3.65. The number of aryl methyl sites for hydroxylation is 2. The lowest BCUT2D eigenvalue weighted by Crippen LogP contribution is -2.36. The third-order valence-corrected chi connectivity index (χ3v) is 6.91. The van der Waals surface area contributed by atoms with Gasteiger partial charge in [-0.05, 0) is 45.7 Å². The topological polar surface area (TPSA) is 81.5 Å². The Morgan fingerprint density at radius 1 is 1.07 bits per heavy atom. The van der Waals surface area contributed by atoms with Crippen LogP contribution in [-0.4, -0.2) is 48.1 Å². The summed E-state index contributed by atoms with van der Waals surface area (Å²) in [5.74, 6) is 0.174. The molecule has 0 bridgehead atoms. The fourth-order valence-electron chi connectivity index (χ4n) is 3.32. The van der Waals surface area contributed by atoms with Gasteiger partial charge in [-0.15, -0.1) is 0 Å². The van der Waals surface area contributed by atoms with Crippen LogP contribution in [0, 0.1) is 20.8 Å². The quantitative estimate of drug-likeness (QED) is 0.783. The lowest BCUT2D eigenvalue weighted by molar-refractivity contribution is 0.0818. The highest BCUT2D eigenvalue weighted by Gasteiger charge is 2.32. The van der Waals surface area contributed by atoms with Crippen molar-refractivity contribution in [3.8, 4) is 5.75 Å². The second kappa shape index (κ2) is 7.82. The zero-order chi connectivity index (χ0) is 19.6. The Bertz CT molecular complexity index is 927. The number of hydrogen-bond acceptors (Lipinski definition) is 5. The smallest absolute Gasteiger partial charge is 0.285 e. The zero-order valence-electron chi connectivity index (χ0n) is 15.9. The molecule has 1 saturated heterocycles. The molecule has 146 valence electrons. The number of carbonyl (C=O) groups excluding carboxylic acids is 1. The molecule has 1 aliphatic heterocycles. The standard InChI is InChI=1S/C19H25N3O4S/c1-14-7-9-17(10-8-14)26-13-18(23)22-16(3)19(15(2)20-22)27(24,25)21-11-5-4-6-12-21/h7-10H,4-6,11-13H2,1-3H3. The molecule has 0 radical (unpaired) electrons. The number of benzene rings is 1. The molecule has 0 spiro atoms. The largest absolute Gasteiger partial charge is 0.484 e. The molecule has 0 amide bonds. The van der Waals surface area contributed by atoms with Gasteiger partial charge in [0.05, 0.1) is 11.4 Å². The molecule has 1 fully saturated rings. The first-order valence-corrected chi connectivity index (χ1v) is 10.5. The monoisotopic (exact) mass is 391 g/mol. The molecule has 3 rings (SSSR count). The second-order valence-corrected chi connectivity index (χ2v) is 8.75. The van der Waals surface area contributed by atoms with Crippen LogP contribution in [-0.2, 0) is 10.0 Å². The average molecular weight is 391 g/mol. The summed E-state index contributed by atoms with van der Waals surface area (Å²) in [4.78, 5) is 12.7. The van der Waals surface area contributed by atoms with E-state index in [0.29, 0.717) is 30.2 Å². The maximum absolute atomic E-state index is 13.0. The van der Waals surface area contributed by atoms with E-state index in [0.717, 1.165) is 29.5 Å². The summed E-state index contributed by atoms with van der Waals surface area (Å²) in [7, 11) is -3.65. The van der Waals surface area contributed by atoms with E-state index in [1.165, 1.54) is 4.31 Å². The average Bonchev–Trinajstić information content (AvgIpc) is 2.96. The molecule has 7 nitrogen and oxygen atoms in total. The van der Waals surface area contributed by atoms with Gasteiger partial charge in [0.1, 0.15) is 10.6 Å². The first-order chi connectivity index (χ1) is 12.8. The first-order valence-electron chi connectivity index (χ1n) is 9.10. The van der Waals surface area contributed by atoms with Crippen LogP contribution < -0.4 is 4.74 Å². The molecule has 2 aromatic rings. The van der Waals surface area contributed by atoms with Crippen molar-refractivity contribution in [1.29, 1.82) is 0 Å². The molecular formula is C19H25N3O4S. The molecule has 0 saturated carbocycles. The van der Waals surface area contributed by atoms with Gasteiger partial charge in [-0.25, -0.2) is 13.1 Å². The van der Waals surface area contributed by atoms with E-state index in [2.05, 4.69) is 5.10 Å². The van der Waals surface area contributed by atoms with Crippen LogP contribution in [0.3, 0.4) is 0 Å². The van der Waals surface area contributed by atoms with Crippen LogP contribution in [0.2, 0.25) is 0 Å². The maximum atomic E-state index is 13.0. The third kappa shape index (κ3) is 4.06. The van der Waals surface area contributed by atoms with E-state index in [-0.39, 0.29) is 11.5 Å². The van der Waals surface area contributed by atoms with Crippen LogP contribution in [0.5, 0.6) is 5.75 Å². The molecule has 1 aromatic carbocycles. The molecule has 0 N–H and O–H groups in total. The van der Waals surface area contributed by atoms with Crippen molar-refractivity contribution in [2.75, 3.05) is 19.7 Å². The number of aromatic nitrogens is 2. The number of ether oxygens (including phenoxy) is 1. The Morgan fingerprint density at radius 3 is 2.33 bits per heavy atom. The zero-order valence-corrected chi connectivity index (χ0v) is 16.8. The fourth-order valence-corrected chi connectivity index (χ4v) is 5.19. The van der Waals surface area contributed by atoms with Crippen molar-refractivity contribution in [2.24, 2.45) is 0 Å². The van der Waals surface area contributed by atoms with E-state index in [9.17, 15) is 13.2 Å². The number of rotatable bonds is 5. The summed E-state index contributed by atoms with van der Waals surface area (Å²) < 4.78 is 34.2. The van der Waals surface area contributed by atoms with Crippen molar-refractivity contribution >= 4 is 15.9 Å². The van der Waals surface area contributed by atoms with Crippen molar-refractivity contribution in [3.63, 3.8) is 0 Å². The van der Waals surface area contributed by atoms with E-state index in [4.69, 9.17) is 4.74 Å². The Labute approximate surface area is 160 Å². The van der Waals surface area contributed by atoms with Gasteiger partial charge in [-0.1, -0.05) is 24.1 Å². The Morgan fingerprint density at radius 2 is 1.70 bits per heavy atom. The highest BCUT2D eigenvalue weighted by atomic mass is 32.2. The number of hydrogen-bond donors (Lipinski definition) is 0. The summed E-state index contributed by atoms with van der Waals surface area (Å²) >= 11 is 0.